The molecule has 4 rings (SSSR count). The van der Waals surface area contributed by atoms with Crippen molar-refractivity contribution < 1.29 is 5.11 Å². The Bertz CT molecular complexity index is 689. The van der Waals surface area contributed by atoms with Crippen molar-refractivity contribution in [2.45, 2.75) is 78.2 Å². The summed E-state index contributed by atoms with van der Waals surface area (Å²) in [6.45, 7) is 7.09. The number of rotatable bonds is 2. The van der Waals surface area contributed by atoms with Gasteiger partial charge in [-0.05, 0) is 111 Å². The van der Waals surface area contributed by atoms with Crippen molar-refractivity contribution in [3.8, 4) is 0 Å². The number of hydrogen-bond acceptors (Lipinski definition) is 3. The SMILES string of the molecule is C/C(=N\NC(N)=S)C1=CC[C@@H]2[C@H]3CC[C@H]4C[C@@H](O)CC[C@]4(C)[C@H]3CC[C@]12C. The zero-order valence-electron chi connectivity index (χ0n) is 17.0. The summed E-state index contributed by atoms with van der Waals surface area (Å²) in [5, 5.41) is 14.9. The van der Waals surface area contributed by atoms with Crippen LogP contribution in [0, 0.1) is 34.5 Å². The third kappa shape index (κ3) is 3.05. The molecule has 3 saturated carbocycles. The van der Waals surface area contributed by atoms with E-state index < -0.39 is 0 Å². The Balaban J connectivity index is 1.56. The first-order valence-corrected chi connectivity index (χ1v) is 11.2. The molecule has 5 heteroatoms. The van der Waals surface area contributed by atoms with Gasteiger partial charge in [-0.2, -0.15) is 5.10 Å². The van der Waals surface area contributed by atoms with E-state index in [-0.39, 0.29) is 16.6 Å². The number of thiocarbonyl (C=S) groups is 1. The van der Waals surface area contributed by atoms with E-state index in [1.807, 2.05) is 0 Å². The maximum absolute atomic E-state index is 10.2. The maximum Gasteiger partial charge on any atom is 0.184 e. The summed E-state index contributed by atoms with van der Waals surface area (Å²) in [6.07, 6.45) is 12.0. The van der Waals surface area contributed by atoms with Gasteiger partial charge < -0.3 is 10.8 Å². The summed E-state index contributed by atoms with van der Waals surface area (Å²) in [4.78, 5) is 0. The number of allylic oxidation sites excluding steroid dienone is 2. The Kier molecular flexibility index (Phi) is 4.91. The Labute approximate surface area is 169 Å². The predicted octanol–water partition coefficient (Wildman–Crippen LogP) is 4.14. The molecule has 0 saturated heterocycles. The fraction of sp³-hybridized carbons (Fsp3) is 0.818. The summed E-state index contributed by atoms with van der Waals surface area (Å²) in [5.41, 5.74) is 11.4. The molecular formula is C22H35N3OS. The van der Waals surface area contributed by atoms with Crippen molar-refractivity contribution in [1.82, 2.24) is 5.43 Å². The molecule has 4 N–H and O–H groups in total. The van der Waals surface area contributed by atoms with E-state index in [1.54, 1.807) is 0 Å². The molecule has 0 aromatic heterocycles. The minimum atomic E-state index is -0.0618. The fourth-order valence-corrected chi connectivity index (χ4v) is 7.61. The van der Waals surface area contributed by atoms with E-state index in [1.165, 1.54) is 44.1 Å². The highest BCUT2D eigenvalue weighted by atomic mass is 32.1. The van der Waals surface area contributed by atoms with Gasteiger partial charge in [-0.1, -0.05) is 19.9 Å². The van der Waals surface area contributed by atoms with Crippen LogP contribution in [0.1, 0.15) is 72.1 Å². The average molecular weight is 390 g/mol. The van der Waals surface area contributed by atoms with Gasteiger partial charge in [0.05, 0.1) is 11.8 Å². The lowest BCUT2D eigenvalue weighted by Gasteiger charge is -2.60. The molecular weight excluding hydrogens is 354 g/mol. The molecule has 4 aliphatic rings. The van der Waals surface area contributed by atoms with Gasteiger partial charge in [0.15, 0.2) is 5.11 Å². The van der Waals surface area contributed by atoms with Crippen molar-refractivity contribution in [2.75, 3.05) is 0 Å². The zero-order chi connectivity index (χ0) is 19.4. The standard InChI is InChI=1S/C22H35N3OS/c1-13(24-25-20(23)27)17-6-7-18-16-5-4-14-12-15(26)8-10-21(14,2)19(16)9-11-22(17,18)3/h6,14-16,18-19,26H,4-5,7-12H2,1-3H3,(H3,23,25,27)/b24-13+/t14-,15-,16+,18+,19-,21-,22+/m0/s1. The Morgan fingerprint density at radius 1 is 1.22 bits per heavy atom. The molecule has 0 amide bonds. The van der Waals surface area contributed by atoms with E-state index in [9.17, 15) is 5.11 Å². The second-order valence-electron chi connectivity index (χ2n) is 10.1. The molecule has 27 heavy (non-hydrogen) atoms. The molecule has 0 radical (unpaired) electrons. The summed E-state index contributed by atoms with van der Waals surface area (Å²) in [5.74, 6) is 3.08. The van der Waals surface area contributed by atoms with Crippen molar-refractivity contribution in [3.63, 3.8) is 0 Å². The zero-order valence-corrected chi connectivity index (χ0v) is 17.8. The molecule has 0 aliphatic heterocycles. The fourth-order valence-electron chi connectivity index (χ4n) is 7.56. The van der Waals surface area contributed by atoms with Crippen LogP contribution in [-0.2, 0) is 0 Å². The summed E-state index contributed by atoms with van der Waals surface area (Å²) < 4.78 is 0. The molecule has 4 nitrogen and oxygen atoms in total. The van der Waals surface area contributed by atoms with Gasteiger partial charge in [-0.3, -0.25) is 5.43 Å². The van der Waals surface area contributed by atoms with E-state index in [2.05, 4.69) is 37.4 Å². The van der Waals surface area contributed by atoms with Crippen LogP contribution in [0.4, 0.5) is 0 Å². The lowest BCUT2D eigenvalue weighted by Crippen LogP contribution is -2.53. The molecule has 7 atom stereocenters. The average Bonchev–Trinajstić information content (AvgIpc) is 2.97. The second kappa shape index (κ2) is 6.84. The first kappa shape index (κ1) is 19.4. The molecule has 4 aliphatic carbocycles. The molecule has 3 fully saturated rings. The van der Waals surface area contributed by atoms with Gasteiger partial charge >= 0.3 is 0 Å². The summed E-state index contributed by atoms with van der Waals surface area (Å²) in [7, 11) is 0. The predicted molar refractivity (Wildman–Crippen MR) is 114 cm³/mol. The van der Waals surface area contributed by atoms with Crippen LogP contribution in [0.3, 0.4) is 0 Å². The summed E-state index contributed by atoms with van der Waals surface area (Å²) in [6, 6.07) is 0. The van der Waals surface area contributed by atoms with Gasteiger partial charge in [0, 0.05) is 0 Å². The van der Waals surface area contributed by atoms with Crippen LogP contribution in [0.2, 0.25) is 0 Å². The van der Waals surface area contributed by atoms with E-state index in [4.69, 9.17) is 18.0 Å². The maximum atomic E-state index is 10.2. The van der Waals surface area contributed by atoms with Crippen molar-refractivity contribution in [3.05, 3.63) is 11.6 Å². The van der Waals surface area contributed by atoms with Crippen LogP contribution in [0.5, 0.6) is 0 Å². The Morgan fingerprint density at radius 3 is 2.74 bits per heavy atom. The normalized spacial score (nSPS) is 46.7. The van der Waals surface area contributed by atoms with E-state index in [0.717, 1.165) is 42.2 Å². The molecule has 0 unspecified atom stereocenters. The Morgan fingerprint density at radius 2 is 2.00 bits per heavy atom. The third-order valence-electron chi connectivity index (χ3n) is 8.94. The van der Waals surface area contributed by atoms with Crippen LogP contribution in [0.15, 0.2) is 16.8 Å². The van der Waals surface area contributed by atoms with Gasteiger partial charge in [0.2, 0.25) is 0 Å². The topological polar surface area (TPSA) is 70.6 Å². The largest absolute Gasteiger partial charge is 0.393 e. The third-order valence-corrected chi connectivity index (χ3v) is 9.03. The highest BCUT2D eigenvalue weighted by Gasteiger charge is 2.58. The van der Waals surface area contributed by atoms with Crippen molar-refractivity contribution in [2.24, 2.45) is 45.3 Å². The second-order valence-corrected chi connectivity index (χ2v) is 10.5. The smallest absolute Gasteiger partial charge is 0.184 e. The molecule has 0 bridgehead atoms. The quantitative estimate of drug-likeness (QED) is 0.377. The molecule has 150 valence electrons. The number of nitrogens with zero attached hydrogens (tertiary/aromatic N) is 1. The first-order valence-electron chi connectivity index (χ1n) is 10.7. The number of nitrogens with two attached hydrogens (primary N) is 1. The van der Waals surface area contributed by atoms with Crippen LogP contribution in [0.25, 0.3) is 0 Å². The minimum absolute atomic E-state index is 0.0618. The van der Waals surface area contributed by atoms with Crippen LogP contribution in [-0.4, -0.2) is 22.0 Å². The van der Waals surface area contributed by atoms with Crippen LogP contribution >= 0.6 is 12.2 Å². The number of aliphatic hydroxyl groups is 1. The summed E-state index contributed by atoms with van der Waals surface area (Å²) >= 11 is 4.90. The van der Waals surface area contributed by atoms with Crippen LogP contribution < -0.4 is 11.2 Å². The van der Waals surface area contributed by atoms with Gasteiger partial charge in [0.1, 0.15) is 0 Å². The Hall–Kier alpha value is -0.940. The number of hydrogen-bond donors (Lipinski definition) is 3. The number of fused-ring (bicyclic) bond motifs is 5. The van der Waals surface area contributed by atoms with Gasteiger partial charge in [0.25, 0.3) is 0 Å². The lowest BCUT2D eigenvalue weighted by molar-refractivity contribution is -0.117. The highest BCUT2D eigenvalue weighted by Crippen LogP contribution is 2.66. The molecule has 0 spiro atoms. The van der Waals surface area contributed by atoms with Gasteiger partial charge in [-0.25, -0.2) is 0 Å². The first-order chi connectivity index (χ1) is 12.8. The molecule has 0 aromatic rings. The minimum Gasteiger partial charge on any atom is -0.393 e. The van der Waals surface area contributed by atoms with Crippen molar-refractivity contribution in [1.29, 1.82) is 0 Å². The van der Waals surface area contributed by atoms with Crippen molar-refractivity contribution >= 4 is 23.0 Å². The molecule has 0 aromatic carbocycles. The van der Waals surface area contributed by atoms with Gasteiger partial charge in [-0.15, -0.1) is 0 Å². The molecule has 0 heterocycles. The number of hydrazone groups is 1. The number of nitrogens with one attached hydrogen (secondary N) is 1. The van der Waals surface area contributed by atoms with E-state index in [0.29, 0.717) is 5.41 Å². The van der Waals surface area contributed by atoms with E-state index >= 15 is 0 Å². The monoisotopic (exact) mass is 389 g/mol. The number of aliphatic hydroxyl groups excluding tert-OH is 1. The highest BCUT2D eigenvalue weighted by molar-refractivity contribution is 7.80. The lowest BCUT2D eigenvalue weighted by atomic mass is 9.44.